The molecule has 0 spiro atoms. The van der Waals surface area contributed by atoms with Crippen LogP contribution in [0.2, 0.25) is 0 Å². The fourth-order valence-corrected chi connectivity index (χ4v) is 3.90. The number of aromatic nitrogens is 4. The van der Waals surface area contributed by atoms with Gasteiger partial charge in [-0.1, -0.05) is 18.3 Å². The normalized spacial score (nSPS) is 15.2. The summed E-state index contributed by atoms with van der Waals surface area (Å²) in [6.07, 6.45) is 3.57. The summed E-state index contributed by atoms with van der Waals surface area (Å²) < 4.78 is 2.77. The van der Waals surface area contributed by atoms with E-state index >= 15 is 0 Å². The summed E-state index contributed by atoms with van der Waals surface area (Å²) in [4.78, 5) is 8.22. The Kier molecular flexibility index (Phi) is 3.89. The van der Waals surface area contributed by atoms with E-state index in [0.29, 0.717) is 4.77 Å². The van der Waals surface area contributed by atoms with Crippen LogP contribution in [0.3, 0.4) is 0 Å². The average molecular weight is 309 g/mol. The van der Waals surface area contributed by atoms with Crippen LogP contribution in [0.5, 0.6) is 0 Å². The smallest absolute Gasteiger partial charge is 0.195 e. The van der Waals surface area contributed by atoms with E-state index in [9.17, 15) is 0 Å². The third-order valence-electron chi connectivity index (χ3n) is 3.57. The van der Waals surface area contributed by atoms with Crippen LogP contribution < -0.4 is 4.90 Å². The number of anilines is 1. The third-order valence-corrected chi connectivity index (χ3v) is 5.10. The number of thiazole rings is 1. The standard InChI is InChI=1S/C13H19N5S2/c1-3-6-18-11(15-16-12(18)19)10-9(2)14-13(20-10)17-7-4-5-8-17/h3-8H2,1-2H3,(H,16,19). The summed E-state index contributed by atoms with van der Waals surface area (Å²) >= 11 is 7.04. The zero-order valence-corrected chi connectivity index (χ0v) is 13.5. The van der Waals surface area contributed by atoms with Crippen molar-refractivity contribution in [1.29, 1.82) is 0 Å². The molecule has 0 radical (unpaired) electrons. The monoisotopic (exact) mass is 309 g/mol. The molecule has 0 amide bonds. The van der Waals surface area contributed by atoms with Gasteiger partial charge in [0.2, 0.25) is 0 Å². The molecule has 3 heterocycles. The van der Waals surface area contributed by atoms with Gasteiger partial charge in [0.05, 0.1) is 10.6 Å². The highest BCUT2D eigenvalue weighted by molar-refractivity contribution is 7.71. The Morgan fingerprint density at radius 3 is 2.80 bits per heavy atom. The number of aromatic amines is 1. The molecular weight excluding hydrogens is 290 g/mol. The lowest BCUT2D eigenvalue weighted by atomic mass is 10.3. The van der Waals surface area contributed by atoms with Crippen LogP contribution in [0.15, 0.2) is 0 Å². The van der Waals surface area contributed by atoms with Crippen LogP contribution in [0.1, 0.15) is 31.9 Å². The van der Waals surface area contributed by atoms with Crippen molar-refractivity contribution in [3.63, 3.8) is 0 Å². The van der Waals surface area contributed by atoms with Gasteiger partial charge in [-0.2, -0.15) is 5.10 Å². The van der Waals surface area contributed by atoms with E-state index in [1.54, 1.807) is 11.3 Å². The molecule has 0 bridgehead atoms. The van der Waals surface area contributed by atoms with Crippen molar-refractivity contribution in [3.8, 4) is 10.7 Å². The zero-order valence-electron chi connectivity index (χ0n) is 11.8. The maximum atomic E-state index is 5.31. The van der Waals surface area contributed by atoms with E-state index in [1.807, 2.05) is 0 Å². The second-order valence-corrected chi connectivity index (χ2v) is 6.47. The molecule has 108 valence electrons. The first-order chi connectivity index (χ1) is 9.70. The predicted octanol–water partition coefficient (Wildman–Crippen LogP) is 3.38. The number of hydrogen-bond acceptors (Lipinski definition) is 5. The zero-order chi connectivity index (χ0) is 14.1. The molecule has 0 atom stereocenters. The Bertz CT molecular complexity index is 648. The molecule has 0 unspecified atom stereocenters. The molecule has 7 heteroatoms. The van der Waals surface area contributed by atoms with E-state index in [-0.39, 0.29) is 0 Å². The second kappa shape index (κ2) is 5.65. The van der Waals surface area contributed by atoms with Crippen LogP contribution in [0.25, 0.3) is 10.7 Å². The number of H-pyrrole nitrogens is 1. The van der Waals surface area contributed by atoms with Crippen molar-refractivity contribution in [2.75, 3.05) is 18.0 Å². The minimum absolute atomic E-state index is 0.692. The molecule has 2 aromatic heterocycles. The van der Waals surface area contributed by atoms with Crippen LogP contribution in [-0.4, -0.2) is 32.8 Å². The van der Waals surface area contributed by atoms with Gasteiger partial charge in [0.25, 0.3) is 0 Å². The SMILES string of the molecule is CCCn1c(-c2sc(N3CCCC3)nc2C)n[nH]c1=S. The molecule has 3 rings (SSSR count). The van der Waals surface area contributed by atoms with Crippen molar-refractivity contribution >= 4 is 28.7 Å². The molecule has 1 N–H and O–H groups in total. The lowest BCUT2D eigenvalue weighted by molar-refractivity contribution is 0.675. The van der Waals surface area contributed by atoms with Gasteiger partial charge in [0.15, 0.2) is 15.7 Å². The molecule has 0 aliphatic carbocycles. The van der Waals surface area contributed by atoms with Gasteiger partial charge in [-0.05, 0) is 38.4 Å². The highest BCUT2D eigenvalue weighted by atomic mass is 32.1. The van der Waals surface area contributed by atoms with E-state index in [1.165, 1.54) is 12.8 Å². The maximum Gasteiger partial charge on any atom is 0.195 e. The number of nitrogens with one attached hydrogen (secondary N) is 1. The van der Waals surface area contributed by atoms with Crippen molar-refractivity contribution < 1.29 is 0 Å². The average Bonchev–Trinajstić information content (AvgIpc) is 3.12. The first-order valence-electron chi connectivity index (χ1n) is 7.08. The summed E-state index contributed by atoms with van der Waals surface area (Å²) in [6.45, 7) is 7.33. The molecule has 0 saturated carbocycles. The fourth-order valence-electron chi connectivity index (χ4n) is 2.56. The van der Waals surface area contributed by atoms with Gasteiger partial charge in [0, 0.05) is 19.6 Å². The van der Waals surface area contributed by atoms with Crippen molar-refractivity contribution in [2.45, 2.75) is 39.7 Å². The van der Waals surface area contributed by atoms with E-state index in [4.69, 9.17) is 17.2 Å². The molecule has 1 aliphatic heterocycles. The topological polar surface area (TPSA) is 49.7 Å². The first kappa shape index (κ1) is 13.8. The lowest BCUT2D eigenvalue weighted by Crippen LogP contribution is -2.17. The van der Waals surface area contributed by atoms with Crippen LogP contribution in [0, 0.1) is 11.7 Å². The Balaban J connectivity index is 1.99. The number of nitrogens with zero attached hydrogens (tertiary/aromatic N) is 4. The number of hydrogen-bond donors (Lipinski definition) is 1. The quantitative estimate of drug-likeness (QED) is 0.880. The summed E-state index contributed by atoms with van der Waals surface area (Å²) in [7, 11) is 0. The second-order valence-electron chi connectivity index (χ2n) is 5.11. The molecular formula is C13H19N5S2. The van der Waals surface area contributed by atoms with Gasteiger partial charge >= 0.3 is 0 Å². The van der Waals surface area contributed by atoms with E-state index in [0.717, 1.165) is 47.6 Å². The summed E-state index contributed by atoms with van der Waals surface area (Å²) in [6, 6.07) is 0. The summed E-state index contributed by atoms with van der Waals surface area (Å²) in [5.74, 6) is 0.928. The van der Waals surface area contributed by atoms with Gasteiger partial charge < -0.3 is 4.90 Å². The predicted molar refractivity (Wildman–Crippen MR) is 85.0 cm³/mol. The summed E-state index contributed by atoms with van der Waals surface area (Å²) in [5.41, 5.74) is 1.04. The van der Waals surface area contributed by atoms with E-state index < -0.39 is 0 Å². The third kappa shape index (κ3) is 2.40. The summed E-state index contributed by atoms with van der Waals surface area (Å²) in [5, 5.41) is 8.43. The van der Waals surface area contributed by atoms with Crippen molar-refractivity contribution in [3.05, 3.63) is 10.5 Å². The minimum atomic E-state index is 0.692. The largest absolute Gasteiger partial charge is 0.348 e. The number of rotatable bonds is 4. The Hall–Kier alpha value is -1.21. The highest BCUT2D eigenvalue weighted by Gasteiger charge is 2.21. The molecule has 2 aromatic rings. The molecule has 0 aromatic carbocycles. The number of aryl methyl sites for hydroxylation is 1. The van der Waals surface area contributed by atoms with Gasteiger partial charge in [-0.3, -0.25) is 9.67 Å². The minimum Gasteiger partial charge on any atom is -0.348 e. The molecule has 1 fully saturated rings. The lowest BCUT2D eigenvalue weighted by Gasteiger charge is -2.12. The fraction of sp³-hybridized carbons (Fsp3) is 0.615. The molecule has 5 nitrogen and oxygen atoms in total. The molecule has 1 aliphatic rings. The first-order valence-corrected chi connectivity index (χ1v) is 8.31. The highest BCUT2D eigenvalue weighted by Crippen LogP contribution is 2.34. The van der Waals surface area contributed by atoms with E-state index in [2.05, 4.69) is 33.5 Å². The van der Waals surface area contributed by atoms with Crippen LogP contribution >= 0.6 is 23.6 Å². The van der Waals surface area contributed by atoms with Gasteiger partial charge in [-0.25, -0.2) is 4.98 Å². The Morgan fingerprint density at radius 1 is 1.35 bits per heavy atom. The van der Waals surface area contributed by atoms with Crippen molar-refractivity contribution in [1.82, 2.24) is 19.7 Å². The molecule has 1 saturated heterocycles. The maximum absolute atomic E-state index is 5.31. The Labute approximate surface area is 127 Å². The molecule has 20 heavy (non-hydrogen) atoms. The van der Waals surface area contributed by atoms with Crippen LogP contribution in [0.4, 0.5) is 5.13 Å². The Morgan fingerprint density at radius 2 is 2.10 bits per heavy atom. The van der Waals surface area contributed by atoms with Crippen LogP contribution in [-0.2, 0) is 6.54 Å². The van der Waals surface area contributed by atoms with Crippen molar-refractivity contribution in [2.24, 2.45) is 0 Å². The van der Waals surface area contributed by atoms with Gasteiger partial charge in [-0.15, -0.1) is 0 Å². The van der Waals surface area contributed by atoms with Gasteiger partial charge in [0.1, 0.15) is 0 Å².